The Morgan fingerprint density at radius 1 is 1.19 bits per heavy atom. The van der Waals surface area contributed by atoms with Crippen LogP contribution in [-0.2, 0) is 13.0 Å². The van der Waals surface area contributed by atoms with Gasteiger partial charge in [0.1, 0.15) is 5.82 Å². The minimum absolute atomic E-state index is 0.295. The minimum atomic E-state index is -0.397. The number of hydrogen-bond acceptors (Lipinski definition) is 2. The van der Waals surface area contributed by atoms with Gasteiger partial charge < -0.3 is 15.6 Å². The van der Waals surface area contributed by atoms with Gasteiger partial charge in [-0.1, -0.05) is 18.2 Å². The van der Waals surface area contributed by atoms with E-state index in [0.29, 0.717) is 30.2 Å². The van der Waals surface area contributed by atoms with Gasteiger partial charge in [-0.25, -0.2) is 4.39 Å². The number of fused-ring (bicyclic) bond motifs is 1. The maximum absolute atomic E-state index is 14.0. The molecule has 1 heterocycles. The lowest BCUT2D eigenvalue weighted by Crippen LogP contribution is -2.38. The van der Waals surface area contributed by atoms with Gasteiger partial charge in [0.05, 0.1) is 11.6 Å². The van der Waals surface area contributed by atoms with Crippen molar-refractivity contribution < 1.29 is 4.39 Å². The summed E-state index contributed by atoms with van der Waals surface area (Å²) in [5, 5.41) is 16.4. The SMILES string of the molecule is CN=C(NCCc1c[nH]c2cc(C)ccc12)NCc1ccc(C#N)cc1F. The topological polar surface area (TPSA) is 76.0 Å². The van der Waals surface area contributed by atoms with Crippen LogP contribution in [0.25, 0.3) is 10.9 Å². The first-order chi connectivity index (χ1) is 13.1. The van der Waals surface area contributed by atoms with E-state index in [0.717, 1.165) is 11.9 Å². The average molecular weight is 363 g/mol. The highest BCUT2D eigenvalue weighted by Crippen LogP contribution is 2.19. The van der Waals surface area contributed by atoms with Gasteiger partial charge in [0.25, 0.3) is 0 Å². The molecule has 0 fully saturated rings. The molecule has 3 aromatic rings. The first-order valence-corrected chi connectivity index (χ1v) is 8.80. The molecule has 5 nitrogen and oxygen atoms in total. The van der Waals surface area contributed by atoms with E-state index in [9.17, 15) is 4.39 Å². The summed E-state index contributed by atoms with van der Waals surface area (Å²) in [6.45, 7) is 3.08. The molecule has 0 aliphatic carbocycles. The van der Waals surface area contributed by atoms with Gasteiger partial charge in [0.2, 0.25) is 0 Å². The number of nitrogens with zero attached hydrogens (tertiary/aromatic N) is 2. The molecule has 1 aromatic heterocycles. The maximum atomic E-state index is 14.0. The first kappa shape index (κ1) is 18.5. The zero-order chi connectivity index (χ0) is 19.2. The third kappa shape index (κ3) is 4.45. The van der Waals surface area contributed by atoms with Crippen LogP contribution in [-0.4, -0.2) is 24.5 Å². The van der Waals surface area contributed by atoms with E-state index >= 15 is 0 Å². The van der Waals surface area contributed by atoms with Gasteiger partial charge in [-0.3, -0.25) is 4.99 Å². The standard InChI is InChI=1S/C21H22FN5/c1-14-3-6-18-16(12-26-20(18)9-14)7-8-25-21(24-2)27-13-17-5-4-15(11-23)10-19(17)22/h3-6,9-10,12,26H,7-8,13H2,1-2H3,(H2,24,25,27). The number of hydrogen-bond donors (Lipinski definition) is 3. The number of halogens is 1. The Labute approximate surface area is 157 Å². The highest BCUT2D eigenvalue weighted by molar-refractivity contribution is 5.84. The van der Waals surface area contributed by atoms with Crippen LogP contribution in [0.4, 0.5) is 4.39 Å². The van der Waals surface area contributed by atoms with E-state index in [1.54, 1.807) is 19.2 Å². The van der Waals surface area contributed by atoms with E-state index in [1.165, 1.54) is 22.6 Å². The summed E-state index contributed by atoms with van der Waals surface area (Å²) >= 11 is 0. The van der Waals surface area contributed by atoms with Crippen LogP contribution in [0.5, 0.6) is 0 Å². The van der Waals surface area contributed by atoms with Crippen LogP contribution in [0.1, 0.15) is 22.3 Å². The Morgan fingerprint density at radius 3 is 2.78 bits per heavy atom. The van der Waals surface area contributed by atoms with Gasteiger partial charge in [0, 0.05) is 42.8 Å². The summed E-state index contributed by atoms with van der Waals surface area (Å²) < 4.78 is 14.0. The zero-order valence-electron chi connectivity index (χ0n) is 15.4. The fourth-order valence-corrected chi connectivity index (χ4v) is 2.98. The van der Waals surface area contributed by atoms with Gasteiger partial charge in [-0.15, -0.1) is 0 Å². The summed E-state index contributed by atoms with van der Waals surface area (Å²) in [6, 6.07) is 12.8. The van der Waals surface area contributed by atoms with Crippen molar-refractivity contribution in [3.8, 4) is 6.07 Å². The molecule has 3 rings (SSSR count). The maximum Gasteiger partial charge on any atom is 0.191 e. The van der Waals surface area contributed by atoms with E-state index in [2.05, 4.69) is 45.7 Å². The molecule has 138 valence electrons. The summed E-state index contributed by atoms with van der Waals surface area (Å²) in [4.78, 5) is 7.48. The van der Waals surface area contributed by atoms with Crippen LogP contribution in [0.15, 0.2) is 47.6 Å². The summed E-state index contributed by atoms with van der Waals surface area (Å²) in [5.74, 6) is 0.209. The molecule has 0 amide bonds. The molecule has 6 heteroatoms. The number of nitrogens with one attached hydrogen (secondary N) is 3. The molecule has 0 saturated carbocycles. The lowest BCUT2D eigenvalue weighted by Gasteiger charge is -2.12. The molecule has 0 saturated heterocycles. The molecule has 0 bridgehead atoms. The van der Waals surface area contributed by atoms with Crippen molar-refractivity contribution in [3.63, 3.8) is 0 Å². The third-order valence-electron chi connectivity index (χ3n) is 4.46. The molecule has 0 aliphatic heterocycles. The molecule has 0 unspecified atom stereocenters. The van der Waals surface area contributed by atoms with Crippen LogP contribution in [0, 0.1) is 24.1 Å². The predicted molar refractivity (Wildman–Crippen MR) is 106 cm³/mol. The van der Waals surface area contributed by atoms with Crippen molar-refractivity contribution in [1.29, 1.82) is 5.26 Å². The first-order valence-electron chi connectivity index (χ1n) is 8.80. The number of aromatic amines is 1. The molecule has 2 aromatic carbocycles. The van der Waals surface area contributed by atoms with Crippen molar-refractivity contribution >= 4 is 16.9 Å². The molecule has 27 heavy (non-hydrogen) atoms. The van der Waals surface area contributed by atoms with E-state index in [4.69, 9.17) is 5.26 Å². The second kappa shape index (κ2) is 8.37. The van der Waals surface area contributed by atoms with E-state index < -0.39 is 5.82 Å². The molecule has 0 atom stereocenters. The highest BCUT2D eigenvalue weighted by atomic mass is 19.1. The van der Waals surface area contributed by atoms with E-state index in [1.807, 2.05) is 12.3 Å². The number of aliphatic imine (C=N–C) groups is 1. The Morgan fingerprint density at radius 2 is 2.04 bits per heavy atom. The molecule has 0 aliphatic rings. The zero-order valence-corrected chi connectivity index (χ0v) is 15.4. The van der Waals surface area contributed by atoms with Crippen molar-refractivity contribution in [1.82, 2.24) is 15.6 Å². The summed E-state index contributed by atoms with van der Waals surface area (Å²) in [7, 11) is 1.68. The van der Waals surface area contributed by atoms with Crippen LogP contribution >= 0.6 is 0 Å². The quantitative estimate of drug-likeness (QED) is 0.480. The largest absolute Gasteiger partial charge is 0.361 e. The fraction of sp³-hybridized carbons (Fsp3) is 0.238. The molecule has 0 radical (unpaired) electrons. The van der Waals surface area contributed by atoms with Gasteiger partial charge in [-0.2, -0.15) is 5.26 Å². The monoisotopic (exact) mass is 363 g/mol. The average Bonchev–Trinajstić information content (AvgIpc) is 3.07. The smallest absolute Gasteiger partial charge is 0.191 e. The lowest BCUT2D eigenvalue weighted by molar-refractivity contribution is 0.604. The number of aromatic nitrogens is 1. The van der Waals surface area contributed by atoms with Gasteiger partial charge in [-0.05, 0) is 42.7 Å². The molecular formula is C21H22FN5. The Balaban J connectivity index is 1.54. The Kier molecular flexibility index (Phi) is 5.72. The van der Waals surface area contributed by atoms with Gasteiger partial charge in [0.15, 0.2) is 5.96 Å². The van der Waals surface area contributed by atoms with Crippen molar-refractivity contribution in [2.75, 3.05) is 13.6 Å². The second-order valence-corrected chi connectivity index (χ2v) is 6.38. The van der Waals surface area contributed by atoms with E-state index in [-0.39, 0.29) is 0 Å². The molecule has 0 spiro atoms. The predicted octanol–water partition coefficient (Wildman–Crippen LogP) is 3.39. The number of aryl methyl sites for hydroxylation is 1. The fourth-order valence-electron chi connectivity index (χ4n) is 2.98. The third-order valence-corrected chi connectivity index (χ3v) is 4.46. The minimum Gasteiger partial charge on any atom is -0.361 e. The van der Waals surface area contributed by atoms with Crippen LogP contribution < -0.4 is 10.6 Å². The second-order valence-electron chi connectivity index (χ2n) is 6.38. The summed E-state index contributed by atoms with van der Waals surface area (Å²) in [6.07, 6.45) is 2.88. The Bertz CT molecular complexity index is 1010. The normalized spacial score (nSPS) is 11.4. The van der Waals surface area contributed by atoms with Crippen molar-refractivity contribution in [2.24, 2.45) is 4.99 Å². The molecular weight excluding hydrogens is 341 g/mol. The summed E-state index contributed by atoms with van der Waals surface area (Å²) in [5.41, 5.74) is 4.42. The number of nitriles is 1. The number of benzene rings is 2. The van der Waals surface area contributed by atoms with Crippen LogP contribution in [0.3, 0.4) is 0 Å². The van der Waals surface area contributed by atoms with Gasteiger partial charge >= 0.3 is 0 Å². The highest BCUT2D eigenvalue weighted by Gasteiger charge is 2.06. The Hall–Kier alpha value is -3.33. The number of guanidine groups is 1. The van der Waals surface area contributed by atoms with Crippen molar-refractivity contribution in [3.05, 3.63) is 70.7 Å². The lowest BCUT2D eigenvalue weighted by atomic mass is 10.1. The van der Waals surface area contributed by atoms with Crippen LogP contribution in [0.2, 0.25) is 0 Å². The van der Waals surface area contributed by atoms with Crippen molar-refractivity contribution in [2.45, 2.75) is 19.9 Å². The molecule has 3 N–H and O–H groups in total. The number of rotatable bonds is 5. The number of H-pyrrole nitrogens is 1.